The van der Waals surface area contributed by atoms with Gasteiger partial charge >= 0.3 is 0 Å². The highest BCUT2D eigenvalue weighted by Gasteiger charge is 2.25. The first-order valence-corrected chi connectivity index (χ1v) is 7.90. The molecule has 0 saturated carbocycles. The van der Waals surface area contributed by atoms with Gasteiger partial charge in [0.1, 0.15) is 0 Å². The smallest absolute Gasteiger partial charge is 0.0678 e. The molecule has 0 aromatic carbocycles. The van der Waals surface area contributed by atoms with E-state index < -0.39 is 0 Å². The Labute approximate surface area is 119 Å². The van der Waals surface area contributed by atoms with E-state index in [-0.39, 0.29) is 0 Å². The number of nitrogens with two attached hydrogens (primary N) is 1. The standard InChI is InChI=1S/C16H34N2O/c1-13-11-18(12-14(2)19-13)10-6-7-15(8-9-17)16(3,4)5/h13-15H,6-12,17H2,1-5H3/t13-,14+,15?. The molecule has 0 amide bonds. The summed E-state index contributed by atoms with van der Waals surface area (Å²) in [5.74, 6) is 0.744. The third-order valence-corrected chi connectivity index (χ3v) is 4.26. The molecule has 0 aromatic rings. The quantitative estimate of drug-likeness (QED) is 0.806. The molecule has 1 aliphatic heterocycles. The highest BCUT2D eigenvalue weighted by molar-refractivity contribution is 4.77. The maximum Gasteiger partial charge on any atom is 0.0678 e. The maximum atomic E-state index is 5.78. The zero-order valence-corrected chi connectivity index (χ0v) is 13.6. The van der Waals surface area contributed by atoms with Crippen LogP contribution in [0.3, 0.4) is 0 Å². The molecule has 1 unspecified atom stereocenters. The van der Waals surface area contributed by atoms with Crippen molar-refractivity contribution >= 4 is 0 Å². The van der Waals surface area contributed by atoms with Crippen molar-refractivity contribution in [2.45, 2.75) is 66.1 Å². The first kappa shape index (κ1) is 16.9. The van der Waals surface area contributed by atoms with Crippen LogP contribution in [0, 0.1) is 11.3 Å². The predicted molar refractivity (Wildman–Crippen MR) is 82.3 cm³/mol. The molecule has 19 heavy (non-hydrogen) atoms. The SMILES string of the molecule is C[C@@H]1CN(CCCC(CCN)C(C)(C)C)C[C@H](C)O1. The van der Waals surface area contributed by atoms with E-state index in [9.17, 15) is 0 Å². The average Bonchev–Trinajstić information content (AvgIpc) is 2.25. The highest BCUT2D eigenvalue weighted by atomic mass is 16.5. The van der Waals surface area contributed by atoms with Gasteiger partial charge in [-0.15, -0.1) is 0 Å². The van der Waals surface area contributed by atoms with Crippen LogP contribution < -0.4 is 5.73 Å². The van der Waals surface area contributed by atoms with Gasteiger partial charge in [-0.05, 0) is 57.5 Å². The van der Waals surface area contributed by atoms with Crippen LogP contribution in [0.15, 0.2) is 0 Å². The van der Waals surface area contributed by atoms with Gasteiger partial charge in [0.25, 0.3) is 0 Å². The largest absolute Gasteiger partial charge is 0.373 e. The lowest BCUT2D eigenvalue weighted by molar-refractivity contribution is -0.0685. The fraction of sp³-hybridized carbons (Fsp3) is 1.00. The van der Waals surface area contributed by atoms with Crippen molar-refractivity contribution in [1.29, 1.82) is 0 Å². The van der Waals surface area contributed by atoms with Gasteiger partial charge in [-0.3, -0.25) is 4.90 Å². The minimum absolute atomic E-state index is 0.380. The van der Waals surface area contributed by atoms with Gasteiger partial charge in [0.2, 0.25) is 0 Å². The van der Waals surface area contributed by atoms with Crippen LogP contribution in [0.5, 0.6) is 0 Å². The second kappa shape index (κ2) is 7.61. The van der Waals surface area contributed by atoms with Crippen LogP contribution in [0.4, 0.5) is 0 Å². The van der Waals surface area contributed by atoms with Crippen LogP contribution in [-0.2, 0) is 4.74 Å². The highest BCUT2D eigenvalue weighted by Crippen LogP contribution is 2.32. The Bertz CT molecular complexity index is 240. The zero-order valence-electron chi connectivity index (χ0n) is 13.6. The molecule has 0 bridgehead atoms. The molecule has 2 N–H and O–H groups in total. The normalized spacial score (nSPS) is 27.5. The van der Waals surface area contributed by atoms with Gasteiger partial charge in [0, 0.05) is 13.1 Å². The third kappa shape index (κ3) is 6.24. The van der Waals surface area contributed by atoms with Crippen LogP contribution in [0.2, 0.25) is 0 Å². The van der Waals surface area contributed by atoms with Crippen molar-refractivity contribution in [3.05, 3.63) is 0 Å². The summed E-state index contributed by atoms with van der Waals surface area (Å²) in [4.78, 5) is 2.56. The monoisotopic (exact) mass is 270 g/mol. The first-order chi connectivity index (χ1) is 8.82. The number of nitrogens with zero attached hydrogens (tertiary/aromatic N) is 1. The molecule has 0 aromatic heterocycles. The van der Waals surface area contributed by atoms with Gasteiger partial charge in [-0.2, -0.15) is 0 Å². The molecular weight excluding hydrogens is 236 g/mol. The summed E-state index contributed by atoms with van der Waals surface area (Å²) in [6, 6.07) is 0. The van der Waals surface area contributed by atoms with Crippen LogP contribution in [0.25, 0.3) is 0 Å². The van der Waals surface area contributed by atoms with Crippen LogP contribution in [0.1, 0.15) is 53.9 Å². The molecule has 0 radical (unpaired) electrons. The van der Waals surface area contributed by atoms with E-state index in [1.807, 2.05) is 0 Å². The van der Waals surface area contributed by atoms with Crippen molar-refractivity contribution in [1.82, 2.24) is 4.90 Å². The lowest BCUT2D eigenvalue weighted by Gasteiger charge is -2.36. The summed E-state index contributed by atoms with van der Waals surface area (Å²) in [7, 11) is 0. The maximum absolute atomic E-state index is 5.78. The molecule has 1 rings (SSSR count). The van der Waals surface area contributed by atoms with Crippen molar-refractivity contribution in [2.75, 3.05) is 26.2 Å². The molecule has 3 nitrogen and oxygen atoms in total. The average molecular weight is 270 g/mol. The van der Waals surface area contributed by atoms with Crippen molar-refractivity contribution in [2.24, 2.45) is 17.1 Å². The first-order valence-electron chi connectivity index (χ1n) is 7.90. The van der Waals surface area contributed by atoms with Crippen LogP contribution in [-0.4, -0.2) is 43.3 Å². The summed E-state index contributed by atoms with van der Waals surface area (Å²) in [5, 5.41) is 0. The van der Waals surface area contributed by atoms with Gasteiger partial charge in [0.15, 0.2) is 0 Å². The minimum atomic E-state index is 0.380. The summed E-state index contributed by atoms with van der Waals surface area (Å²) in [6.45, 7) is 15.6. The van der Waals surface area contributed by atoms with E-state index in [1.165, 1.54) is 19.4 Å². The minimum Gasteiger partial charge on any atom is -0.373 e. The number of ether oxygens (including phenoxy) is 1. The molecule has 3 atom stereocenters. The second-order valence-corrected chi connectivity index (χ2v) is 7.30. The fourth-order valence-corrected chi connectivity index (χ4v) is 3.24. The van der Waals surface area contributed by atoms with Gasteiger partial charge in [0.05, 0.1) is 12.2 Å². The molecule has 1 aliphatic rings. The Morgan fingerprint density at radius 1 is 1.16 bits per heavy atom. The summed E-state index contributed by atoms with van der Waals surface area (Å²) in [6.07, 6.45) is 4.49. The van der Waals surface area contributed by atoms with E-state index >= 15 is 0 Å². The van der Waals surface area contributed by atoms with E-state index in [0.717, 1.165) is 32.0 Å². The van der Waals surface area contributed by atoms with E-state index in [0.29, 0.717) is 17.6 Å². The second-order valence-electron chi connectivity index (χ2n) is 7.30. The van der Waals surface area contributed by atoms with E-state index in [1.54, 1.807) is 0 Å². The molecule has 1 heterocycles. The molecule has 0 spiro atoms. The lowest BCUT2D eigenvalue weighted by Crippen LogP contribution is -2.45. The molecular formula is C16H34N2O. The Kier molecular flexibility index (Phi) is 6.78. The zero-order chi connectivity index (χ0) is 14.5. The van der Waals surface area contributed by atoms with E-state index in [4.69, 9.17) is 10.5 Å². The summed E-state index contributed by atoms with van der Waals surface area (Å²) in [5.41, 5.74) is 6.13. The third-order valence-electron chi connectivity index (χ3n) is 4.26. The summed E-state index contributed by atoms with van der Waals surface area (Å²) >= 11 is 0. The van der Waals surface area contributed by atoms with Gasteiger partial charge in [-0.1, -0.05) is 20.8 Å². The number of hydrogen-bond donors (Lipinski definition) is 1. The van der Waals surface area contributed by atoms with Crippen molar-refractivity contribution in [3.63, 3.8) is 0 Å². The summed E-state index contributed by atoms with van der Waals surface area (Å²) < 4.78 is 5.78. The lowest BCUT2D eigenvalue weighted by atomic mass is 9.76. The van der Waals surface area contributed by atoms with E-state index in [2.05, 4.69) is 39.5 Å². The van der Waals surface area contributed by atoms with Crippen molar-refractivity contribution in [3.8, 4) is 0 Å². The molecule has 1 fully saturated rings. The fourth-order valence-electron chi connectivity index (χ4n) is 3.24. The molecule has 1 saturated heterocycles. The molecule has 0 aliphatic carbocycles. The molecule has 114 valence electrons. The Hall–Kier alpha value is -0.120. The van der Waals surface area contributed by atoms with Crippen molar-refractivity contribution < 1.29 is 4.74 Å². The number of hydrogen-bond acceptors (Lipinski definition) is 3. The topological polar surface area (TPSA) is 38.5 Å². The Morgan fingerprint density at radius 3 is 2.21 bits per heavy atom. The predicted octanol–water partition coefficient (Wildman–Crippen LogP) is 2.89. The number of morpholine rings is 1. The molecule has 3 heteroatoms. The van der Waals surface area contributed by atoms with Crippen LogP contribution >= 0.6 is 0 Å². The van der Waals surface area contributed by atoms with Gasteiger partial charge in [-0.25, -0.2) is 0 Å². The number of rotatable bonds is 6. The Morgan fingerprint density at radius 2 is 1.74 bits per heavy atom. The Balaban J connectivity index is 2.31. The van der Waals surface area contributed by atoms with Gasteiger partial charge < -0.3 is 10.5 Å².